The first-order valence-corrected chi connectivity index (χ1v) is 11.8. The summed E-state index contributed by atoms with van der Waals surface area (Å²) in [6.07, 6.45) is 0.858. The summed E-state index contributed by atoms with van der Waals surface area (Å²) in [7, 11) is 0. The number of benzene rings is 2. The second kappa shape index (κ2) is 9.11. The Hall–Kier alpha value is -3.59. The molecule has 2 aromatic carbocycles. The molecule has 0 bridgehead atoms. The number of carbonyl (C=O) groups is 1. The van der Waals surface area contributed by atoms with E-state index in [2.05, 4.69) is 27.2 Å². The summed E-state index contributed by atoms with van der Waals surface area (Å²) in [5.74, 6) is 1.51. The minimum Gasteiger partial charge on any atom is -0.494 e. The van der Waals surface area contributed by atoms with Crippen LogP contribution >= 0.6 is 11.8 Å². The van der Waals surface area contributed by atoms with Crippen molar-refractivity contribution >= 4 is 23.3 Å². The highest BCUT2D eigenvalue weighted by molar-refractivity contribution is 7.99. The van der Waals surface area contributed by atoms with Crippen molar-refractivity contribution in [2.24, 2.45) is 0 Å². The maximum absolute atomic E-state index is 12.9. The van der Waals surface area contributed by atoms with Crippen LogP contribution in [0.1, 0.15) is 18.1 Å². The fourth-order valence-corrected chi connectivity index (χ4v) is 4.76. The van der Waals surface area contributed by atoms with Gasteiger partial charge >= 0.3 is 0 Å². The van der Waals surface area contributed by atoms with E-state index in [0.717, 1.165) is 17.7 Å². The number of rotatable bonds is 6. The van der Waals surface area contributed by atoms with Crippen molar-refractivity contribution < 1.29 is 9.53 Å². The monoisotopic (exact) mass is 461 g/mol. The number of fused-ring (bicyclic) bond motifs is 2. The molecule has 2 aromatic heterocycles. The van der Waals surface area contributed by atoms with E-state index in [4.69, 9.17) is 4.74 Å². The van der Waals surface area contributed by atoms with E-state index < -0.39 is 0 Å². The standard InChI is InChI=1S/C24H23N5O3S/c1-2-32-19-9-7-17(8-10-19)23-25-20-13-21(30)27-29(20)24(26-23)33-15-22(31)28-12-11-16-5-3-4-6-18(16)14-28/h3-10,13H,2,11-12,14-15H2,1H3,(H,27,30). The summed E-state index contributed by atoms with van der Waals surface area (Å²) in [6.45, 7) is 3.84. The number of nitrogens with zero attached hydrogens (tertiary/aromatic N) is 4. The number of hydrogen-bond donors (Lipinski definition) is 1. The van der Waals surface area contributed by atoms with E-state index in [1.807, 2.05) is 48.2 Å². The molecule has 4 aromatic rings. The zero-order valence-electron chi connectivity index (χ0n) is 18.2. The van der Waals surface area contributed by atoms with Gasteiger partial charge in [-0.05, 0) is 48.7 Å². The van der Waals surface area contributed by atoms with Crippen molar-refractivity contribution in [1.29, 1.82) is 0 Å². The van der Waals surface area contributed by atoms with Crippen LogP contribution in [0.15, 0.2) is 64.5 Å². The molecule has 33 heavy (non-hydrogen) atoms. The van der Waals surface area contributed by atoms with E-state index in [0.29, 0.717) is 36.3 Å². The average molecular weight is 462 g/mol. The lowest BCUT2D eigenvalue weighted by atomic mass is 10.00. The Balaban J connectivity index is 1.37. The van der Waals surface area contributed by atoms with Crippen molar-refractivity contribution in [2.45, 2.75) is 25.0 Å². The van der Waals surface area contributed by atoms with E-state index in [1.165, 1.54) is 33.5 Å². The van der Waals surface area contributed by atoms with Crippen molar-refractivity contribution in [2.75, 3.05) is 18.9 Å². The molecule has 9 heteroatoms. The molecule has 8 nitrogen and oxygen atoms in total. The van der Waals surface area contributed by atoms with Crippen LogP contribution in [-0.4, -0.2) is 49.3 Å². The molecule has 0 fully saturated rings. The van der Waals surface area contributed by atoms with Crippen molar-refractivity contribution in [1.82, 2.24) is 24.5 Å². The Bertz CT molecular complexity index is 1360. The average Bonchev–Trinajstić information content (AvgIpc) is 3.23. The van der Waals surface area contributed by atoms with Gasteiger partial charge in [0.25, 0.3) is 5.56 Å². The van der Waals surface area contributed by atoms with Gasteiger partial charge in [0, 0.05) is 24.7 Å². The molecule has 168 valence electrons. The lowest BCUT2D eigenvalue weighted by Crippen LogP contribution is -2.37. The van der Waals surface area contributed by atoms with Gasteiger partial charge in [-0.1, -0.05) is 36.0 Å². The zero-order chi connectivity index (χ0) is 22.8. The third kappa shape index (κ3) is 4.49. The van der Waals surface area contributed by atoms with Crippen LogP contribution in [-0.2, 0) is 17.8 Å². The van der Waals surface area contributed by atoms with Crippen LogP contribution in [0.4, 0.5) is 0 Å². The highest BCUT2D eigenvalue weighted by Crippen LogP contribution is 2.25. The Morgan fingerprint density at radius 2 is 1.91 bits per heavy atom. The molecule has 0 saturated heterocycles. The van der Waals surface area contributed by atoms with E-state index in [1.54, 1.807) is 0 Å². The fraction of sp³-hybridized carbons (Fsp3) is 0.250. The summed E-state index contributed by atoms with van der Waals surface area (Å²) in [5.41, 5.74) is 3.49. The predicted octanol–water partition coefficient (Wildman–Crippen LogP) is 3.16. The molecule has 1 amide bonds. The van der Waals surface area contributed by atoms with Crippen molar-refractivity contribution in [3.05, 3.63) is 76.1 Å². The van der Waals surface area contributed by atoms with Gasteiger partial charge < -0.3 is 9.64 Å². The minimum absolute atomic E-state index is 0.0402. The molecule has 0 atom stereocenters. The van der Waals surface area contributed by atoms with Gasteiger partial charge in [-0.15, -0.1) is 0 Å². The normalized spacial score (nSPS) is 13.2. The third-order valence-corrected chi connectivity index (χ3v) is 6.48. The smallest absolute Gasteiger partial charge is 0.266 e. The van der Waals surface area contributed by atoms with Gasteiger partial charge in [0.05, 0.1) is 12.4 Å². The van der Waals surface area contributed by atoms with E-state index in [-0.39, 0.29) is 17.2 Å². The topological polar surface area (TPSA) is 92.6 Å². The maximum Gasteiger partial charge on any atom is 0.266 e. The number of aromatic amines is 1. The van der Waals surface area contributed by atoms with Crippen LogP contribution in [0.5, 0.6) is 5.75 Å². The zero-order valence-corrected chi connectivity index (χ0v) is 19.0. The molecule has 1 aliphatic rings. The summed E-state index contributed by atoms with van der Waals surface area (Å²) in [4.78, 5) is 35.9. The Morgan fingerprint density at radius 1 is 1.12 bits per heavy atom. The molecule has 0 radical (unpaired) electrons. The summed E-state index contributed by atoms with van der Waals surface area (Å²) >= 11 is 1.29. The molecule has 0 unspecified atom stereocenters. The molecule has 0 saturated carbocycles. The molecule has 1 N–H and O–H groups in total. The second-order valence-corrected chi connectivity index (χ2v) is 8.67. The summed E-state index contributed by atoms with van der Waals surface area (Å²) < 4.78 is 7.03. The Morgan fingerprint density at radius 3 is 2.70 bits per heavy atom. The van der Waals surface area contributed by atoms with Gasteiger partial charge in [-0.3, -0.25) is 14.7 Å². The highest BCUT2D eigenvalue weighted by atomic mass is 32.2. The van der Waals surface area contributed by atoms with Crippen LogP contribution in [0, 0.1) is 0 Å². The fourth-order valence-electron chi connectivity index (χ4n) is 3.90. The van der Waals surface area contributed by atoms with Gasteiger partial charge in [-0.25, -0.2) is 14.5 Å². The SMILES string of the molecule is CCOc1ccc(-c2nc(SCC(=O)N3CCc4ccccc4C3)n3[nH]c(=O)cc3n2)cc1. The quantitative estimate of drug-likeness (QED) is 0.444. The first kappa shape index (κ1) is 21.3. The number of thioether (sulfide) groups is 1. The summed E-state index contributed by atoms with van der Waals surface area (Å²) in [6, 6.07) is 17.1. The number of ether oxygens (including phenoxy) is 1. The van der Waals surface area contributed by atoms with Crippen LogP contribution in [0.25, 0.3) is 17.0 Å². The number of amides is 1. The molecule has 1 aliphatic heterocycles. The first-order chi connectivity index (χ1) is 16.1. The summed E-state index contributed by atoms with van der Waals surface area (Å²) in [5, 5.41) is 3.23. The third-order valence-electron chi connectivity index (χ3n) is 5.56. The number of H-pyrrole nitrogens is 1. The minimum atomic E-state index is -0.269. The molecular formula is C24H23N5O3S. The molecule has 0 spiro atoms. The molecule has 5 rings (SSSR count). The van der Waals surface area contributed by atoms with Gasteiger partial charge in [0.1, 0.15) is 5.75 Å². The molecule has 0 aliphatic carbocycles. The van der Waals surface area contributed by atoms with Gasteiger partial charge in [0.15, 0.2) is 16.6 Å². The first-order valence-electron chi connectivity index (χ1n) is 10.8. The van der Waals surface area contributed by atoms with Crippen LogP contribution < -0.4 is 10.3 Å². The van der Waals surface area contributed by atoms with Crippen molar-refractivity contribution in [3.8, 4) is 17.1 Å². The van der Waals surface area contributed by atoms with Crippen molar-refractivity contribution in [3.63, 3.8) is 0 Å². The number of nitrogens with one attached hydrogen (secondary N) is 1. The molecular weight excluding hydrogens is 438 g/mol. The second-order valence-electron chi connectivity index (χ2n) is 7.72. The lowest BCUT2D eigenvalue weighted by molar-refractivity contribution is -0.129. The largest absolute Gasteiger partial charge is 0.494 e. The van der Waals surface area contributed by atoms with Gasteiger partial charge in [-0.2, -0.15) is 0 Å². The van der Waals surface area contributed by atoms with Crippen LogP contribution in [0.2, 0.25) is 0 Å². The predicted molar refractivity (Wildman–Crippen MR) is 126 cm³/mol. The number of hydrogen-bond acceptors (Lipinski definition) is 6. The Labute approximate surface area is 194 Å². The van der Waals surface area contributed by atoms with E-state index >= 15 is 0 Å². The highest BCUT2D eigenvalue weighted by Gasteiger charge is 2.21. The molecule has 3 heterocycles. The van der Waals surface area contributed by atoms with Gasteiger partial charge in [0.2, 0.25) is 5.91 Å². The lowest BCUT2D eigenvalue weighted by Gasteiger charge is -2.28. The van der Waals surface area contributed by atoms with E-state index in [9.17, 15) is 9.59 Å². The number of aromatic nitrogens is 4. The van der Waals surface area contributed by atoms with Crippen LogP contribution in [0.3, 0.4) is 0 Å². The Kier molecular flexibility index (Phi) is 5.87. The number of carbonyl (C=O) groups excluding carboxylic acids is 1. The maximum atomic E-state index is 12.9.